The lowest BCUT2D eigenvalue weighted by molar-refractivity contribution is 0.648. The fraction of sp³-hybridized carbons (Fsp3) is 0.231. The van der Waals surface area contributed by atoms with Crippen LogP contribution in [0, 0.1) is 13.8 Å². The van der Waals surface area contributed by atoms with Crippen molar-refractivity contribution in [2.45, 2.75) is 13.8 Å². The van der Waals surface area contributed by atoms with Gasteiger partial charge >= 0.3 is 0 Å². The summed E-state index contributed by atoms with van der Waals surface area (Å²) in [5.74, 6) is 1.75. The van der Waals surface area contributed by atoms with E-state index in [0.29, 0.717) is 5.02 Å². The molecule has 0 spiro atoms. The first-order chi connectivity index (χ1) is 15.1. The second-order valence-electron chi connectivity index (χ2n) is 8.16. The van der Waals surface area contributed by atoms with Gasteiger partial charge in [-0.3, -0.25) is 0 Å². The van der Waals surface area contributed by atoms with E-state index in [1.807, 2.05) is 30.3 Å². The Labute approximate surface area is 188 Å². The molecule has 1 fully saturated rings. The lowest BCUT2D eigenvalue weighted by Crippen LogP contribution is -2.47. The van der Waals surface area contributed by atoms with Crippen molar-refractivity contribution < 1.29 is 0 Å². The first kappa shape index (κ1) is 19.8. The van der Waals surface area contributed by atoms with Gasteiger partial charge in [-0.05, 0) is 67.4 Å². The van der Waals surface area contributed by atoms with Crippen LogP contribution in [0.4, 0.5) is 11.5 Å². The van der Waals surface area contributed by atoms with Gasteiger partial charge in [0.1, 0.15) is 5.82 Å². The Kier molecular flexibility index (Phi) is 5.24. The van der Waals surface area contributed by atoms with Crippen molar-refractivity contribution >= 4 is 34.0 Å². The van der Waals surface area contributed by atoms with Gasteiger partial charge in [-0.25, -0.2) is 9.97 Å². The predicted molar refractivity (Wildman–Crippen MR) is 130 cm³/mol. The summed E-state index contributed by atoms with van der Waals surface area (Å²) < 4.78 is 0. The quantitative estimate of drug-likeness (QED) is 0.407. The molecule has 4 nitrogen and oxygen atoms in total. The largest absolute Gasteiger partial charge is 0.368 e. The average Bonchev–Trinajstić information content (AvgIpc) is 2.80. The molecule has 1 aliphatic heterocycles. The Balaban J connectivity index is 1.47. The molecule has 0 amide bonds. The van der Waals surface area contributed by atoms with E-state index >= 15 is 0 Å². The molecule has 3 aromatic carbocycles. The summed E-state index contributed by atoms with van der Waals surface area (Å²) >= 11 is 6.08. The van der Waals surface area contributed by atoms with Crippen LogP contribution in [0.15, 0.2) is 66.7 Å². The Morgan fingerprint density at radius 2 is 1.48 bits per heavy atom. The van der Waals surface area contributed by atoms with Crippen molar-refractivity contribution in [3.05, 3.63) is 82.9 Å². The van der Waals surface area contributed by atoms with Gasteiger partial charge in [-0.15, -0.1) is 0 Å². The first-order valence-electron chi connectivity index (χ1n) is 10.7. The topological polar surface area (TPSA) is 32.3 Å². The fourth-order valence-corrected chi connectivity index (χ4v) is 4.37. The van der Waals surface area contributed by atoms with Crippen LogP contribution in [-0.2, 0) is 0 Å². The standard InChI is InChI=1S/C26H25ClN4/c1-18-7-8-19(2)24(17-18)30-13-15-31(16-14-30)26-22-5-3-4-6-23(22)28-25(29-26)20-9-11-21(27)12-10-20/h3-12,17H,13-16H2,1-2H3. The van der Waals surface area contributed by atoms with Crippen molar-refractivity contribution in [1.29, 1.82) is 0 Å². The minimum atomic E-state index is 0.715. The lowest BCUT2D eigenvalue weighted by Gasteiger charge is -2.38. The van der Waals surface area contributed by atoms with Crippen LogP contribution in [0.5, 0.6) is 0 Å². The second kappa shape index (κ2) is 8.20. The molecule has 1 aromatic heterocycles. The number of hydrogen-bond donors (Lipinski definition) is 0. The number of aromatic nitrogens is 2. The van der Waals surface area contributed by atoms with Crippen molar-refractivity contribution in [1.82, 2.24) is 9.97 Å². The van der Waals surface area contributed by atoms with E-state index in [1.54, 1.807) is 0 Å². The highest BCUT2D eigenvalue weighted by Crippen LogP contribution is 2.30. The number of nitrogens with zero attached hydrogens (tertiary/aromatic N) is 4. The summed E-state index contributed by atoms with van der Waals surface area (Å²) in [4.78, 5) is 14.7. The van der Waals surface area contributed by atoms with Gasteiger partial charge in [0.15, 0.2) is 5.82 Å². The number of piperazine rings is 1. The van der Waals surface area contributed by atoms with Crippen LogP contribution in [0.25, 0.3) is 22.3 Å². The third-order valence-electron chi connectivity index (χ3n) is 5.97. The molecular weight excluding hydrogens is 404 g/mol. The highest BCUT2D eigenvalue weighted by atomic mass is 35.5. The molecule has 5 heteroatoms. The van der Waals surface area contributed by atoms with Gasteiger partial charge in [-0.1, -0.05) is 35.9 Å². The average molecular weight is 429 g/mol. The van der Waals surface area contributed by atoms with E-state index in [0.717, 1.165) is 54.3 Å². The number of aryl methyl sites for hydroxylation is 2. The predicted octanol–water partition coefficient (Wildman–Crippen LogP) is 5.89. The van der Waals surface area contributed by atoms with Crippen LogP contribution in [0.3, 0.4) is 0 Å². The number of rotatable bonds is 3. The Bertz CT molecular complexity index is 1230. The van der Waals surface area contributed by atoms with E-state index < -0.39 is 0 Å². The summed E-state index contributed by atoms with van der Waals surface area (Å²) in [6, 6.07) is 22.7. The van der Waals surface area contributed by atoms with Gasteiger partial charge in [0.2, 0.25) is 0 Å². The molecule has 0 N–H and O–H groups in total. The fourth-order valence-electron chi connectivity index (χ4n) is 4.25. The van der Waals surface area contributed by atoms with Crippen molar-refractivity contribution in [3.8, 4) is 11.4 Å². The zero-order valence-corrected chi connectivity index (χ0v) is 18.6. The molecule has 0 unspecified atom stereocenters. The van der Waals surface area contributed by atoms with Crippen molar-refractivity contribution in [3.63, 3.8) is 0 Å². The summed E-state index contributed by atoms with van der Waals surface area (Å²) in [7, 11) is 0. The molecule has 0 radical (unpaired) electrons. The molecular formula is C26H25ClN4. The molecule has 0 bridgehead atoms. The van der Waals surface area contributed by atoms with Gasteiger partial charge in [-0.2, -0.15) is 0 Å². The normalized spacial score (nSPS) is 14.3. The highest BCUT2D eigenvalue weighted by Gasteiger charge is 2.22. The third kappa shape index (κ3) is 3.96. The molecule has 2 heterocycles. The van der Waals surface area contributed by atoms with Crippen molar-refractivity contribution in [2.24, 2.45) is 0 Å². The molecule has 0 saturated carbocycles. The van der Waals surface area contributed by atoms with E-state index in [9.17, 15) is 0 Å². The summed E-state index contributed by atoms with van der Waals surface area (Å²) in [5, 5.41) is 1.81. The summed E-state index contributed by atoms with van der Waals surface area (Å²) in [5.41, 5.74) is 5.92. The van der Waals surface area contributed by atoms with Crippen LogP contribution in [0.1, 0.15) is 11.1 Å². The smallest absolute Gasteiger partial charge is 0.162 e. The summed E-state index contributed by atoms with van der Waals surface area (Å²) in [6.07, 6.45) is 0. The number of fused-ring (bicyclic) bond motifs is 1. The zero-order valence-electron chi connectivity index (χ0n) is 17.8. The third-order valence-corrected chi connectivity index (χ3v) is 6.22. The molecule has 0 aliphatic carbocycles. The SMILES string of the molecule is Cc1ccc(C)c(N2CCN(c3nc(-c4ccc(Cl)cc4)nc4ccccc34)CC2)c1. The highest BCUT2D eigenvalue weighted by molar-refractivity contribution is 6.30. The number of benzene rings is 3. The summed E-state index contributed by atoms with van der Waals surface area (Å²) in [6.45, 7) is 8.14. The van der Waals surface area contributed by atoms with Crippen LogP contribution >= 0.6 is 11.6 Å². The van der Waals surface area contributed by atoms with E-state index in [-0.39, 0.29) is 0 Å². The zero-order chi connectivity index (χ0) is 21.4. The van der Waals surface area contributed by atoms with Crippen LogP contribution in [-0.4, -0.2) is 36.1 Å². The molecule has 156 valence electrons. The maximum atomic E-state index is 6.08. The van der Waals surface area contributed by atoms with E-state index in [2.05, 4.69) is 60.0 Å². The van der Waals surface area contributed by atoms with Crippen molar-refractivity contribution in [2.75, 3.05) is 36.0 Å². The second-order valence-corrected chi connectivity index (χ2v) is 8.60. The number of hydrogen-bond acceptors (Lipinski definition) is 4. The minimum absolute atomic E-state index is 0.715. The first-order valence-corrected chi connectivity index (χ1v) is 11.1. The lowest BCUT2D eigenvalue weighted by atomic mass is 10.1. The number of para-hydroxylation sites is 1. The minimum Gasteiger partial charge on any atom is -0.368 e. The van der Waals surface area contributed by atoms with Gasteiger partial charge in [0, 0.05) is 47.8 Å². The Morgan fingerprint density at radius 3 is 2.26 bits per heavy atom. The van der Waals surface area contributed by atoms with Gasteiger partial charge in [0.05, 0.1) is 5.52 Å². The Hall–Kier alpha value is -3.11. The van der Waals surface area contributed by atoms with E-state index in [4.69, 9.17) is 21.6 Å². The molecule has 1 saturated heterocycles. The van der Waals surface area contributed by atoms with Crippen LogP contribution < -0.4 is 9.80 Å². The maximum absolute atomic E-state index is 6.08. The van der Waals surface area contributed by atoms with Crippen LogP contribution in [0.2, 0.25) is 5.02 Å². The Morgan fingerprint density at radius 1 is 0.774 bits per heavy atom. The molecule has 0 atom stereocenters. The number of anilines is 2. The molecule has 5 rings (SSSR count). The van der Waals surface area contributed by atoms with Gasteiger partial charge < -0.3 is 9.80 Å². The van der Waals surface area contributed by atoms with E-state index in [1.165, 1.54) is 16.8 Å². The molecule has 1 aliphatic rings. The number of halogens is 1. The van der Waals surface area contributed by atoms with Gasteiger partial charge in [0.25, 0.3) is 0 Å². The molecule has 31 heavy (non-hydrogen) atoms. The monoisotopic (exact) mass is 428 g/mol. The molecule has 4 aromatic rings. The maximum Gasteiger partial charge on any atom is 0.162 e.